The molecule has 9 heteroatoms. The average molecular weight is 425 g/mol. The molecule has 1 aromatic carbocycles. The van der Waals surface area contributed by atoms with Crippen molar-refractivity contribution in [1.82, 2.24) is 20.1 Å². The number of hydrogen-bond donors (Lipinski definition) is 1. The highest BCUT2D eigenvalue weighted by Gasteiger charge is 2.17. The van der Waals surface area contributed by atoms with Crippen LogP contribution in [0.3, 0.4) is 0 Å². The first-order chi connectivity index (χ1) is 13.0. The fraction of sp³-hybridized carbons (Fsp3) is 0.278. The molecule has 1 amide bonds. The van der Waals surface area contributed by atoms with Crippen molar-refractivity contribution in [3.05, 3.63) is 52.2 Å². The van der Waals surface area contributed by atoms with Crippen LogP contribution in [-0.2, 0) is 11.3 Å². The van der Waals surface area contributed by atoms with Gasteiger partial charge in [-0.15, -0.1) is 10.2 Å². The number of furan rings is 1. The molecule has 2 aromatic heterocycles. The van der Waals surface area contributed by atoms with Gasteiger partial charge in [-0.3, -0.25) is 9.36 Å². The van der Waals surface area contributed by atoms with E-state index in [0.29, 0.717) is 33.3 Å². The topological polar surface area (TPSA) is 73.0 Å². The molecule has 2 heterocycles. The predicted molar refractivity (Wildman–Crippen MR) is 107 cm³/mol. The fourth-order valence-electron chi connectivity index (χ4n) is 2.55. The molecule has 1 N–H and O–H groups in total. The maximum absolute atomic E-state index is 12.3. The number of nitrogens with one attached hydrogen (secondary N) is 1. The summed E-state index contributed by atoms with van der Waals surface area (Å²) >= 11 is 13.3. The Kier molecular flexibility index (Phi) is 6.46. The molecule has 0 aliphatic rings. The number of amides is 1. The molecule has 1 unspecified atom stereocenters. The maximum atomic E-state index is 12.3. The third-order valence-corrected chi connectivity index (χ3v) is 5.63. The van der Waals surface area contributed by atoms with Crippen molar-refractivity contribution in [2.75, 3.05) is 5.75 Å². The van der Waals surface area contributed by atoms with Crippen molar-refractivity contribution in [3.8, 4) is 11.6 Å². The molecule has 0 radical (unpaired) electrons. The van der Waals surface area contributed by atoms with Gasteiger partial charge in [0.25, 0.3) is 0 Å². The number of nitrogens with zero attached hydrogens (tertiary/aromatic N) is 3. The van der Waals surface area contributed by atoms with Crippen LogP contribution in [0.4, 0.5) is 0 Å². The number of aromatic nitrogens is 3. The van der Waals surface area contributed by atoms with Gasteiger partial charge in [-0.25, -0.2) is 0 Å². The monoisotopic (exact) mass is 424 g/mol. The number of halogens is 2. The maximum Gasteiger partial charge on any atom is 0.230 e. The molecule has 6 nitrogen and oxygen atoms in total. The van der Waals surface area contributed by atoms with Crippen LogP contribution in [0.1, 0.15) is 25.5 Å². The van der Waals surface area contributed by atoms with E-state index in [4.69, 9.17) is 27.6 Å². The summed E-state index contributed by atoms with van der Waals surface area (Å²) < 4.78 is 7.30. The minimum Gasteiger partial charge on any atom is -0.461 e. The molecule has 142 valence electrons. The van der Waals surface area contributed by atoms with Crippen molar-refractivity contribution in [2.45, 2.75) is 31.6 Å². The lowest BCUT2D eigenvalue weighted by atomic mass is 10.1. The molecule has 3 aromatic rings. The summed E-state index contributed by atoms with van der Waals surface area (Å²) in [4.78, 5) is 12.3. The van der Waals surface area contributed by atoms with Gasteiger partial charge in [-0.05, 0) is 43.7 Å². The second-order valence-electron chi connectivity index (χ2n) is 5.78. The van der Waals surface area contributed by atoms with Crippen LogP contribution in [0.25, 0.3) is 11.6 Å². The van der Waals surface area contributed by atoms with Crippen molar-refractivity contribution in [2.24, 2.45) is 0 Å². The zero-order valence-corrected chi connectivity index (χ0v) is 17.1. The van der Waals surface area contributed by atoms with E-state index in [1.54, 1.807) is 24.5 Å². The zero-order chi connectivity index (χ0) is 19.4. The zero-order valence-electron chi connectivity index (χ0n) is 14.8. The van der Waals surface area contributed by atoms with Gasteiger partial charge >= 0.3 is 0 Å². The first-order valence-corrected chi connectivity index (χ1v) is 10.1. The number of carbonyl (C=O) groups is 1. The lowest BCUT2D eigenvalue weighted by Gasteiger charge is -2.15. The predicted octanol–water partition coefficient (Wildman–Crippen LogP) is 4.83. The number of thioether (sulfide) groups is 1. The van der Waals surface area contributed by atoms with Gasteiger partial charge in [0.05, 0.1) is 28.1 Å². The Morgan fingerprint density at radius 2 is 2.11 bits per heavy atom. The second kappa shape index (κ2) is 8.82. The fourth-order valence-corrected chi connectivity index (χ4v) is 3.67. The Hall–Kier alpha value is -1.96. The standard InChI is InChI=1S/C18H18Cl2N4O2S/c1-3-24-17(15-5-4-8-26-15)22-23-18(24)27-10-16(25)21-11(2)12-6-7-13(19)14(20)9-12/h4-9,11H,3,10H2,1-2H3,(H,21,25). The summed E-state index contributed by atoms with van der Waals surface area (Å²) in [7, 11) is 0. The minimum atomic E-state index is -0.185. The smallest absolute Gasteiger partial charge is 0.230 e. The van der Waals surface area contributed by atoms with E-state index in [1.807, 2.05) is 30.5 Å². The first-order valence-electron chi connectivity index (χ1n) is 8.33. The third-order valence-electron chi connectivity index (χ3n) is 3.93. The Bertz CT molecular complexity index is 928. The summed E-state index contributed by atoms with van der Waals surface area (Å²) in [6.45, 7) is 4.56. The Morgan fingerprint density at radius 1 is 1.30 bits per heavy atom. The second-order valence-corrected chi connectivity index (χ2v) is 7.54. The summed E-state index contributed by atoms with van der Waals surface area (Å²) in [5.41, 5.74) is 0.889. The van der Waals surface area contributed by atoms with Crippen LogP contribution in [0.5, 0.6) is 0 Å². The van der Waals surface area contributed by atoms with Crippen LogP contribution < -0.4 is 5.32 Å². The highest BCUT2D eigenvalue weighted by Crippen LogP contribution is 2.26. The molecule has 0 spiro atoms. The van der Waals surface area contributed by atoms with Crippen molar-refractivity contribution >= 4 is 40.9 Å². The third kappa shape index (κ3) is 4.66. The molecule has 1 atom stereocenters. The van der Waals surface area contributed by atoms with Gasteiger partial charge in [0, 0.05) is 6.54 Å². The van der Waals surface area contributed by atoms with Gasteiger partial charge in [0.1, 0.15) is 0 Å². The highest BCUT2D eigenvalue weighted by atomic mass is 35.5. The first kappa shape index (κ1) is 19.8. The molecule has 0 bridgehead atoms. The largest absolute Gasteiger partial charge is 0.461 e. The van der Waals surface area contributed by atoms with E-state index < -0.39 is 0 Å². The normalized spacial score (nSPS) is 12.1. The van der Waals surface area contributed by atoms with Crippen LogP contribution >= 0.6 is 35.0 Å². The summed E-state index contributed by atoms with van der Waals surface area (Å²) in [6.07, 6.45) is 1.59. The summed E-state index contributed by atoms with van der Waals surface area (Å²) in [5.74, 6) is 1.41. The van der Waals surface area contributed by atoms with Crippen molar-refractivity contribution in [1.29, 1.82) is 0 Å². The van der Waals surface area contributed by atoms with Gasteiger partial charge in [0.2, 0.25) is 5.91 Å². The van der Waals surface area contributed by atoms with Crippen molar-refractivity contribution in [3.63, 3.8) is 0 Å². The van der Waals surface area contributed by atoms with E-state index in [-0.39, 0.29) is 17.7 Å². The Morgan fingerprint density at radius 3 is 2.78 bits per heavy atom. The quantitative estimate of drug-likeness (QED) is 0.549. The van der Waals surface area contributed by atoms with Crippen LogP contribution in [0, 0.1) is 0 Å². The summed E-state index contributed by atoms with van der Waals surface area (Å²) in [5, 5.41) is 12.9. The number of carbonyl (C=O) groups excluding carboxylic acids is 1. The number of hydrogen-bond acceptors (Lipinski definition) is 5. The average Bonchev–Trinajstić information content (AvgIpc) is 3.30. The molecule has 27 heavy (non-hydrogen) atoms. The lowest BCUT2D eigenvalue weighted by Crippen LogP contribution is -2.28. The minimum absolute atomic E-state index is 0.108. The molecule has 0 saturated heterocycles. The Labute approximate surface area is 171 Å². The lowest BCUT2D eigenvalue weighted by molar-refractivity contribution is -0.119. The van der Waals surface area contributed by atoms with E-state index in [0.717, 1.165) is 5.56 Å². The van der Waals surface area contributed by atoms with E-state index in [1.165, 1.54) is 11.8 Å². The molecule has 0 aliphatic heterocycles. The molecule has 0 fully saturated rings. The molecule has 3 rings (SSSR count). The van der Waals surface area contributed by atoms with Crippen LogP contribution in [0.15, 0.2) is 46.2 Å². The highest BCUT2D eigenvalue weighted by molar-refractivity contribution is 7.99. The SMILES string of the molecule is CCn1c(SCC(=O)NC(C)c2ccc(Cl)c(Cl)c2)nnc1-c1ccco1. The number of benzene rings is 1. The molecule has 0 saturated carbocycles. The Balaban J connectivity index is 1.61. The molecular weight excluding hydrogens is 407 g/mol. The number of rotatable bonds is 7. The van der Waals surface area contributed by atoms with Gasteiger partial charge in [-0.2, -0.15) is 0 Å². The van der Waals surface area contributed by atoms with Gasteiger partial charge in [-0.1, -0.05) is 41.0 Å². The summed E-state index contributed by atoms with van der Waals surface area (Å²) in [6, 6.07) is 8.76. The van der Waals surface area contributed by atoms with Crippen molar-refractivity contribution < 1.29 is 9.21 Å². The molecule has 0 aliphatic carbocycles. The van der Waals surface area contributed by atoms with Crippen LogP contribution in [0.2, 0.25) is 10.0 Å². The van der Waals surface area contributed by atoms with Gasteiger partial charge < -0.3 is 9.73 Å². The van der Waals surface area contributed by atoms with E-state index in [2.05, 4.69) is 15.5 Å². The molecular formula is C18H18Cl2N4O2S. The van der Waals surface area contributed by atoms with Gasteiger partial charge in [0.15, 0.2) is 16.7 Å². The van der Waals surface area contributed by atoms with E-state index in [9.17, 15) is 4.79 Å². The van der Waals surface area contributed by atoms with Crippen LogP contribution in [-0.4, -0.2) is 26.4 Å². The van der Waals surface area contributed by atoms with E-state index >= 15 is 0 Å².